The van der Waals surface area contributed by atoms with Gasteiger partial charge in [-0.3, -0.25) is 4.79 Å². The molecule has 3 rings (SSSR count). The molecular formula is C18H14ClNO3. The first-order chi connectivity index (χ1) is 10.9. The molecule has 0 atom stereocenters. The van der Waals surface area contributed by atoms with Crippen LogP contribution in [0.5, 0.6) is 0 Å². The van der Waals surface area contributed by atoms with Crippen molar-refractivity contribution in [1.29, 1.82) is 0 Å². The molecule has 0 unspecified atom stereocenters. The number of carbonyl (C=O) groups is 1. The Bertz CT molecular complexity index is 976. The van der Waals surface area contributed by atoms with Gasteiger partial charge in [0.15, 0.2) is 0 Å². The van der Waals surface area contributed by atoms with Crippen molar-refractivity contribution in [3.63, 3.8) is 0 Å². The van der Waals surface area contributed by atoms with E-state index in [2.05, 4.69) is 5.32 Å². The number of rotatable bonds is 2. The smallest absolute Gasteiger partial charge is 0.349 e. The number of carbonyl (C=O) groups excluding carboxylic acids is 1. The summed E-state index contributed by atoms with van der Waals surface area (Å²) in [6, 6.07) is 12.1. The number of hydrogen-bond donors (Lipinski definition) is 1. The van der Waals surface area contributed by atoms with E-state index in [-0.39, 0.29) is 5.56 Å². The first-order valence-corrected chi connectivity index (χ1v) is 7.44. The third-order valence-corrected chi connectivity index (χ3v) is 3.80. The minimum absolute atomic E-state index is 0.0301. The quantitative estimate of drug-likeness (QED) is 0.713. The van der Waals surface area contributed by atoms with E-state index in [4.69, 9.17) is 16.0 Å². The summed E-state index contributed by atoms with van der Waals surface area (Å²) in [7, 11) is 0. The number of fused-ring (bicyclic) bond motifs is 1. The highest BCUT2D eigenvalue weighted by Crippen LogP contribution is 2.21. The van der Waals surface area contributed by atoms with Gasteiger partial charge in [-0.25, -0.2) is 4.79 Å². The molecule has 116 valence electrons. The van der Waals surface area contributed by atoms with Crippen LogP contribution in [-0.2, 0) is 0 Å². The summed E-state index contributed by atoms with van der Waals surface area (Å²) < 4.78 is 5.22. The van der Waals surface area contributed by atoms with Crippen LogP contribution in [0.2, 0.25) is 5.02 Å². The van der Waals surface area contributed by atoms with Gasteiger partial charge in [0.25, 0.3) is 5.91 Å². The molecule has 4 nitrogen and oxygen atoms in total. The molecule has 0 aliphatic heterocycles. The average molecular weight is 328 g/mol. The molecule has 1 amide bonds. The van der Waals surface area contributed by atoms with Crippen molar-refractivity contribution in [1.82, 2.24) is 0 Å². The van der Waals surface area contributed by atoms with E-state index in [1.807, 2.05) is 26.0 Å². The Morgan fingerprint density at radius 1 is 1.09 bits per heavy atom. The molecule has 0 radical (unpaired) electrons. The highest BCUT2D eigenvalue weighted by Gasteiger charge is 2.15. The molecule has 23 heavy (non-hydrogen) atoms. The van der Waals surface area contributed by atoms with Gasteiger partial charge in [0.2, 0.25) is 0 Å². The molecule has 2 aromatic carbocycles. The highest BCUT2D eigenvalue weighted by molar-refractivity contribution is 6.30. The number of aryl methyl sites for hydroxylation is 2. The van der Waals surface area contributed by atoms with Crippen LogP contribution in [0.15, 0.2) is 51.7 Å². The maximum absolute atomic E-state index is 12.4. The van der Waals surface area contributed by atoms with Gasteiger partial charge in [0.05, 0.1) is 0 Å². The van der Waals surface area contributed by atoms with Gasteiger partial charge in [0.1, 0.15) is 11.1 Å². The fraction of sp³-hybridized carbons (Fsp3) is 0.111. The molecule has 1 aromatic heterocycles. The molecule has 0 aliphatic carbocycles. The molecule has 3 aromatic rings. The molecular weight excluding hydrogens is 314 g/mol. The van der Waals surface area contributed by atoms with E-state index in [0.29, 0.717) is 21.7 Å². The van der Waals surface area contributed by atoms with Gasteiger partial charge in [-0.15, -0.1) is 0 Å². The molecule has 0 saturated carbocycles. The van der Waals surface area contributed by atoms with Crippen LogP contribution in [0.3, 0.4) is 0 Å². The van der Waals surface area contributed by atoms with Crippen molar-refractivity contribution >= 4 is 34.2 Å². The molecule has 1 N–H and O–H groups in total. The Morgan fingerprint density at radius 3 is 2.61 bits per heavy atom. The number of nitrogens with one attached hydrogen (secondary N) is 1. The largest absolute Gasteiger partial charge is 0.422 e. The van der Waals surface area contributed by atoms with Crippen LogP contribution in [0.25, 0.3) is 11.0 Å². The van der Waals surface area contributed by atoms with Gasteiger partial charge in [-0.1, -0.05) is 23.2 Å². The fourth-order valence-corrected chi connectivity index (χ4v) is 2.58. The van der Waals surface area contributed by atoms with Crippen molar-refractivity contribution in [2.75, 3.05) is 5.32 Å². The minimum Gasteiger partial charge on any atom is -0.422 e. The average Bonchev–Trinajstić information content (AvgIpc) is 2.49. The van der Waals surface area contributed by atoms with Crippen molar-refractivity contribution in [3.8, 4) is 0 Å². The van der Waals surface area contributed by atoms with Crippen LogP contribution in [0, 0.1) is 13.8 Å². The standard InChI is InChI=1S/C18H14ClNO3/c1-10-3-6-16-12(7-10)9-14(18(22)23-16)17(21)20-15-5-4-13(19)8-11(15)2/h3-9H,1-2H3,(H,20,21). The van der Waals surface area contributed by atoms with Crippen molar-refractivity contribution in [2.45, 2.75) is 13.8 Å². The van der Waals surface area contributed by atoms with Crippen LogP contribution in [-0.4, -0.2) is 5.91 Å². The monoisotopic (exact) mass is 327 g/mol. The predicted octanol–water partition coefficient (Wildman–Crippen LogP) is 4.32. The Labute approximate surface area is 137 Å². The zero-order chi connectivity index (χ0) is 16.6. The number of benzene rings is 2. The Morgan fingerprint density at radius 2 is 1.87 bits per heavy atom. The van der Waals surface area contributed by atoms with Gasteiger partial charge >= 0.3 is 5.63 Å². The van der Waals surface area contributed by atoms with Gasteiger partial charge < -0.3 is 9.73 Å². The van der Waals surface area contributed by atoms with E-state index in [1.165, 1.54) is 0 Å². The number of hydrogen-bond acceptors (Lipinski definition) is 3. The lowest BCUT2D eigenvalue weighted by atomic mass is 10.1. The normalized spacial score (nSPS) is 10.7. The molecule has 0 bridgehead atoms. The molecule has 0 fully saturated rings. The second-order valence-corrected chi connectivity index (χ2v) is 5.84. The third-order valence-electron chi connectivity index (χ3n) is 3.57. The zero-order valence-electron chi connectivity index (χ0n) is 12.6. The molecule has 5 heteroatoms. The Balaban J connectivity index is 2.00. The second-order valence-electron chi connectivity index (χ2n) is 5.40. The van der Waals surface area contributed by atoms with E-state index < -0.39 is 11.5 Å². The van der Waals surface area contributed by atoms with Crippen molar-refractivity contribution < 1.29 is 9.21 Å². The number of amides is 1. The Hall–Kier alpha value is -2.59. The van der Waals surface area contributed by atoms with Crippen LogP contribution >= 0.6 is 11.6 Å². The summed E-state index contributed by atoms with van der Waals surface area (Å²) in [6.07, 6.45) is 0. The van der Waals surface area contributed by atoms with Crippen LogP contribution in [0.1, 0.15) is 21.5 Å². The number of anilines is 1. The summed E-state index contributed by atoms with van der Waals surface area (Å²) in [5, 5.41) is 4.01. The third kappa shape index (κ3) is 3.12. The lowest BCUT2D eigenvalue weighted by Gasteiger charge is -2.08. The summed E-state index contributed by atoms with van der Waals surface area (Å²) in [5.74, 6) is -0.507. The summed E-state index contributed by atoms with van der Waals surface area (Å²) in [6.45, 7) is 3.76. The predicted molar refractivity (Wildman–Crippen MR) is 91.4 cm³/mol. The van der Waals surface area contributed by atoms with Gasteiger partial charge in [0, 0.05) is 16.1 Å². The fourth-order valence-electron chi connectivity index (χ4n) is 2.36. The van der Waals surface area contributed by atoms with E-state index in [9.17, 15) is 9.59 Å². The summed E-state index contributed by atoms with van der Waals surface area (Å²) in [5.41, 5.74) is 2.20. The van der Waals surface area contributed by atoms with Gasteiger partial charge in [-0.2, -0.15) is 0 Å². The SMILES string of the molecule is Cc1ccc2oc(=O)c(C(=O)Nc3ccc(Cl)cc3C)cc2c1. The molecule has 1 heterocycles. The topological polar surface area (TPSA) is 59.3 Å². The summed E-state index contributed by atoms with van der Waals surface area (Å²) in [4.78, 5) is 24.4. The zero-order valence-corrected chi connectivity index (χ0v) is 13.4. The first-order valence-electron chi connectivity index (χ1n) is 7.06. The maximum atomic E-state index is 12.4. The van der Waals surface area contributed by atoms with Crippen LogP contribution < -0.4 is 10.9 Å². The minimum atomic E-state index is -0.662. The lowest BCUT2D eigenvalue weighted by molar-refractivity contribution is 0.102. The second kappa shape index (κ2) is 5.89. The molecule has 0 aliphatic rings. The van der Waals surface area contributed by atoms with E-state index >= 15 is 0 Å². The lowest BCUT2D eigenvalue weighted by Crippen LogP contribution is -2.21. The highest BCUT2D eigenvalue weighted by atomic mass is 35.5. The Kier molecular flexibility index (Phi) is 3.92. The van der Waals surface area contributed by atoms with Crippen LogP contribution in [0.4, 0.5) is 5.69 Å². The summed E-state index contributed by atoms with van der Waals surface area (Å²) >= 11 is 5.90. The van der Waals surface area contributed by atoms with E-state index in [1.54, 1.807) is 30.3 Å². The molecule has 0 spiro atoms. The molecule has 0 saturated heterocycles. The maximum Gasteiger partial charge on any atom is 0.349 e. The van der Waals surface area contributed by atoms with Crippen molar-refractivity contribution in [3.05, 3.63) is 74.6 Å². The first kappa shape index (κ1) is 15.3. The van der Waals surface area contributed by atoms with Gasteiger partial charge in [-0.05, 0) is 55.8 Å². The number of halogens is 1. The van der Waals surface area contributed by atoms with Crippen molar-refractivity contribution in [2.24, 2.45) is 0 Å². The van der Waals surface area contributed by atoms with E-state index in [0.717, 1.165) is 11.1 Å².